The van der Waals surface area contributed by atoms with Crippen LogP contribution in [0.25, 0.3) is 0 Å². The summed E-state index contributed by atoms with van der Waals surface area (Å²) in [5.74, 6) is 0. The Balaban J connectivity index is 1.51. The van der Waals surface area contributed by atoms with Crippen molar-refractivity contribution in [2.45, 2.75) is 58.4 Å². The van der Waals surface area contributed by atoms with E-state index in [2.05, 4.69) is 47.1 Å². The lowest BCUT2D eigenvalue weighted by Gasteiger charge is -2.26. The Hall–Kier alpha value is -0.860. The largest absolute Gasteiger partial charge is 0.303 e. The van der Waals surface area contributed by atoms with E-state index in [1.165, 1.54) is 76.7 Å². The normalized spacial score (nSPS) is 16.3. The molecule has 0 amide bonds. The van der Waals surface area contributed by atoms with Crippen molar-refractivity contribution in [3.05, 3.63) is 35.9 Å². The number of nitrogens with zero attached hydrogens (tertiary/aromatic N) is 2. The SMILES string of the molecule is CCN(CCCCCCN1CCCCC1)Cc1ccccc1. The van der Waals surface area contributed by atoms with Crippen molar-refractivity contribution in [3.8, 4) is 0 Å². The van der Waals surface area contributed by atoms with E-state index in [4.69, 9.17) is 0 Å². The zero-order valence-electron chi connectivity index (χ0n) is 14.5. The second-order valence-electron chi connectivity index (χ2n) is 6.67. The average molecular weight is 303 g/mol. The molecule has 0 radical (unpaired) electrons. The minimum atomic E-state index is 1.10. The molecule has 1 aromatic rings. The molecule has 0 aromatic heterocycles. The highest BCUT2D eigenvalue weighted by Crippen LogP contribution is 2.11. The molecule has 2 nitrogen and oxygen atoms in total. The molecule has 2 heteroatoms. The molecular formula is C20H34N2. The maximum Gasteiger partial charge on any atom is 0.0233 e. The first-order valence-corrected chi connectivity index (χ1v) is 9.37. The van der Waals surface area contributed by atoms with Crippen molar-refractivity contribution in [2.24, 2.45) is 0 Å². The van der Waals surface area contributed by atoms with Crippen LogP contribution in [0, 0.1) is 0 Å². The molecule has 0 N–H and O–H groups in total. The summed E-state index contributed by atoms with van der Waals surface area (Å²) in [4.78, 5) is 5.23. The lowest BCUT2D eigenvalue weighted by Crippen LogP contribution is -2.30. The molecular weight excluding hydrogens is 268 g/mol. The zero-order valence-corrected chi connectivity index (χ0v) is 14.5. The Morgan fingerprint density at radius 1 is 0.909 bits per heavy atom. The molecule has 1 fully saturated rings. The lowest BCUT2D eigenvalue weighted by molar-refractivity contribution is 0.222. The Labute approximate surface area is 137 Å². The fourth-order valence-electron chi connectivity index (χ4n) is 3.40. The minimum absolute atomic E-state index is 1.10. The molecule has 1 aliphatic rings. The van der Waals surface area contributed by atoms with Crippen LogP contribution in [0.5, 0.6) is 0 Å². The van der Waals surface area contributed by atoms with Crippen LogP contribution in [0.2, 0.25) is 0 Å². The van der Waals surface area contributed by atoms with Gasteiger partial charge in [-0.1, -0.05) is 56.5 Å². The number of hydrogen-bond donors (Lipinski definition) is 0. The van der Waals surface area contributed by atoms with Crippen molar-refractivity contribution in [3.63, 3.8) is 0 Å². The number of unbranched alkanes of at least 4 members (excludes halogenated alkanes) is 3. The maximum absolute atomic E-state index is 2.66. The lowest BCUT2D eigenvalue weighted by atomic mass is 10.1. The van der Waals surface area contributed by atoms with Gasteiger partial charge in [-0.3, -0.25) is 4.90 Å². The van der Waals surface area contributed by atoms with Crippen molar-refractivity contribution < 1.29 is 0 Å². The van der Waals surface area contributed by atoms with Gasteiger partial charge in [-0.2, -0.15) is 0 Å². The van der Waals surface area contributed by atoms with E-state index < -0.39 is 0 Å². The highest BCUT2D eigenvalue weighted by molar-refractivity contribution is 5.14. The van der Waals surface area contributed by atoms with Crippen LogP contribution in [0.15, 0.2) is 30.3 Å². The highest BCUT2D eigenvalue weighted by Gasteiger charge is 2.09. The summed E-state index contributed by atoms with van der Waals surface area (Å²) in [7, 11) is 0. The van der Waals surface area contributed by atoms with E-state index >= 15 is 0 Å². The number of piperidine rings is 1. The quantitative estimate of drug-likeness (QED) is 0.585. The van der Waals surface area contributed by atoms with Gasteiger partial charge in [0.25, 0.3) is 0 Å². The summed E-state index contributed by atoms with van der Waals surface area (Å²) in [6.07, 6.45) is 9.82. The van der Waals surface area contributed by atoms with Gasteiger partial charge in [0.05, 0.1) is 0 Å². The fraction of sp³-hybridized carbons (Fsp3) is 0.700. The van der Waals surface area contributed by atoms with Crippen molar-refractivity contribution in [1.82, 2.24) is 9.80 Å². The summed E-state index contributed by atoms with van der Waals surface area (Å²) in [6, 6.07) is 10.9. The molecule has 124 valence electrons. The van der Waals surface area contributed by atoms with Gasteiger partial charge in [0.15, 0.2) is 0 Å². The van der Waals surface area contributed by atoms with Crippen molar-refractivity contribution in [2.75, 3.05) is 32.7 Å². The molecule has 1 aromatic carbocycles. The number of hydrogen-bond acceptors (Lipinski definition) is 2. The summed E-state index contributed by atoms with van der Waals surface area (Å²) >= 11 is 0. The van der Waals surface area contributed by atoms with Crippen LogP contribution in [0.1, 0.15) is 57.4 Å². The van der Waals surface area contributed by atoms with Gasteiger partial charge in [0.2, 0.25) is 0 Å². The van der Waals surface area contributed by atoms with E-state index in [1.807, 2.05) is 0 Å². The first kappa shape index (κ1) is 17.5. The van der Waals surface area contributed by atoms with E-state index in [0.29, 0.717) is 0 Å². The van der Waals surface area contributed by atoms with Crippen LogP contribution in [-0.4, -0.2) is 42.5 Å². The second-order valence-corrected chi connectivity index (χ2v) is 6.67. The number of benzene rings is 1. The van der Waals surface area contributed by atoms with E-state index in [-0.39, 0.29) is 0 Å². The molecule has 0 atom stereocenters. The Bertz CT molecular complexity index is 371. The summed E-state index contributed by atoms with van der Waals surface area (Å²) in [5, 5.41) is 0. The monoisotopic (exact) mass is 302 g/mol. The topological polar surface area (TPSA) is 6.48 Å². The average Bonchev–Trinajstić information content (AvgIpc) is 2.58. The number of likely N-dealkylation sites (tertiary alicyclic amines) is 1. The Kier molecular flexibility index (Phi) is 8.59. The molecule has 0 spiro atoms. The van der Waals surface area contributed by atoms with Gasteiger partial charge in [0.1, 0.15) is 0 Å². The highest BCUT2D eigenvalue weighted by atomic mass is 15.1. The smallest absolute Gasteiger partial charge is 0.0233 e. The summed E-state index contributed by atoms with van der Waals surface area (Å²) < 4.78 is 0. The van der Waals surface area contributed by atoms with Crippen LogP contribution in [-0.2, 0) is 6.54 Å². The van der Waals surface area contributed by atoms with Gasteiger partial charge in [-0.05, 0) is 64.0 Å². The van der Waals surface area contributed by atoms with Gasteiger partial charge >= 0.3 is 0 Å². The predicted molar refractivity (Wildman–Crippen MR) is 96.2 cm³/mol. The Morgan fingerprint density at radius 3 is 2.36 bits per heavy atom. The molecule has 1 saturated heterocycles. The molecule has 0 unspecified atom stereocenters. The first-order valence-electron chi connectivity index (χ1n) is 9.37. The van der Waals surface area contributed by atoms with Crippen LogP contribution < -0.4 is 0 Å². The van der Waals surface area contributed by atoms with Crippen LogP contribution in [0.4, 0.5) is 0 Å². The second kappa shape index (κ2) is 10.8. The molecule has 1 heterocycles. The molecule has 0 aliphatic carbocycles. The van der Waals surface area contributed by atoms with Gasteiger partial charge < -0.3 is 4.90 Å². The standard InChI is InChI=1S/C20H34N2/c1-2-21(19-20-13-7-5-8-14-20)15-9-3-4-10-16-22-17-11-6-12-18-22/h5,7-8,13-14H,2-4,6,9-12,15-19H2,1H3. The predicted octanol–water partition coefficient (Wildman–Crippen LogP) is 4.55. The van der Waals surface area contributed by atoms with E-state index in [9.17, 15) is 0 Å². The van der Waals surface area contributed by atoms with Crippen LogP contribution >= 0.6 is 0 Å². The molecule has 1 aliphatic heterocycles. The van der Waals surface area contributed by atoms with Crippen molar-refractivity contribution >= 4 is 0 Å². The third kappa shape index (κ3) is 6.93. The Morgan fingerprint density at radius 2 is 1.64 bits per heavy atom. The van der Waals surface area contributed by atoms with E-state index in [0.717, 1.165) is 13.1 Å². The fourth-order valence-corrected chi connectivity index (χ4v) is 3.40. The molecule has 22 heavy (non-hydrogen) atoms. The van der Waals surface area contributed by atoms with Gasteiger partial charge in [-0.15, -0.1) is 0 Å². The van der Waals surface area contributed by atoms with E-state index in [1.54, 1.807) is 0 Å². The van der Waals surface area contributed by atoms with Crippen molar-refractivity contribution in [1.29, 1.82) is 0 Å². The van der Waals surface area contributed by atoms with Crippen LogP contribution in [0.3, 0.4) is 0 Å². The summed E-state index contributed by atoms with van der Waals surface area (Å²) in [6.45, 7) is 9.81. The molecule has 0 bridgehead atoms. The first-order chi connectivity index (χ1) is 10.9. The maximum atomic E-state index is 2.66. The third-order valence-corrected chi connectivity index (χ3v) is 4.84. The molecule has 2 rings (SSSR count). The zero-order chi connectivity index (χ0) is 15.5. The minimum Gasteiger partial charge on any atom is -0.303 e. The number of rotatable bonds is 10. The van der Waals surface area contributed by atoms with Gasteiger partial charge in [0, 0.05) is 6.54 Å². The summed E-state index contributed by atoms with van der Waals surface area (Å²) in [5.41, 5.74) is 1.44. The van der Waals surface area contributed by atoms with Gasteiger partial charge in [-0.25, -0.2) is 0 Å². The third-order valence-electron chi connectivity index (χ3n) is 4.84. The molecule has 0 saturated carbocycles.